The van der Waals surface area contributed by atoms with E-state index >= 15 is 0 Å². The van der Waals surface area contributed by atoms with Crippen molar-refractivity contribution in [3.05, 3.63) is 46.3 Å². The van der Waals surface area contributed by atoms with Crippen molar-refractivity contribution >= 4 is 23.2 Å². The summed E-state index contributed by atoms with van der Waals surface area (Å²) >= 11 is 11.8. The SMILES string of the molecule is CCc1nc(Cl)cc(-c2ccc(Cl)cc2)n1. The van der Waals surface area contributed by atoms with Gasteiger partial charge in [0, 0.05) is 23.1 Å². The molecule has 2 aromatic rings. The van der Waals surface area contributed by atoms with Crippen molar-refractivity contribution in [3.63, 3.8) is 0 Å². The van der Waals surface area contributed by atoms with Gasteiger partial charge in [0.2, 0.25) is 0 Å². The lowest BCUT2D eigenvalue weighted by atomic mass is 10.1. The third-order valence-corrected chi connectivity index (χ3v) is 2.64. The smallest absolute Gasteiger partial charge is 0.133 e. The maximum Gasteiger partial charge on any atom is 0.133 e. The van der Waals surface area contributed by atoms with E-state index in [4.69, 9.17) is 23.2 Å². The third-order valence-electron chi connectivity index (χ3n) is 2.20. The first-order valence-corrected chi connectivity index (χ1v) is 5.74. The average molecular weight is 253 g/mol. The minimum Gasteiger partial charge on any atom is -0.233 e. The molecule has 0 atom stereocenters. The van der Waals surface area contributed by atoms with Crippen molar-refractivity contribution in [1.29, 1.82) is 0 Å². The highest BCUT2D eigenvalue weighted by Gasteiger charge is 2.04. The molecular formula is C12H10Cl2N2. The number of hydrogen-bond donors (Lipinski definition) is 0. The molecule has 0 radical (unpaired) electrons. The molecule has 16 heavy (non-hydrogen) atoms. The van der Waals surface area contributed by atoms with E-state index < -0.39 is 0 Å². The van der Waals surface area contributed by atoms with Crippen LogP contribution >= 0.6 is 23.2 Å². The van der Waals surface area contributed by atoms with Crippen molar-refractivity contribution in [2.24, 2.45) is 0 Å². The maximum atomic E-state index is 5.93. The van der Waals surface area contributed by atoms with E-state index in [0.717, 1.165) is 23.5 Å². The van der Waals surface area contributed by atoms with Crippen LogP contribution in [0.3, 0.4) is 0 Å². The largest absolute Gasteiger partial charge is 0.233 e. The van der Waals surface area contributed by atoms with E-state index in [1.165, 1.54) is 0 Å². The summed E-state index contributed by atoms with van der Waals surface area (Å²) in [5, 5.41) is 1.18. The second-order valence-corrected chi connectivity index (χ2v) is 4.18. The van der Waals surface area contributed by atoms with Crippen molar-refractivity contribution in [2.75, 3.05) is 0 Å². The molecule has 0 spiro atoms. The van der Waals surface area contributed by atoms with Crippen LogP contribution in [0.5, 0.6) is 0 Å². The van der Waals surface area contributed by atoms with E-state index in [-0.39, 0.29) is 0 Å². The number of rotatable bonds is 2. The van der Waals surface area contributed by atoms with E-state index in [1.807, 2.05) is 31.2 Å². The van der Waals surface area contributed by atoms with Crippen LogP contribution in [0.2, 0.25) is 10.2 Å². The fourth-order valence-electron chi connectivity index (χ4n) is 1.39. The van der Waals surface area contributed by atoms with Crippen LogP contribution in [-0.2, 0) is 6.42 Å². The summed E-state index contributed by atoms with van der Waals surface area (Å²) in [7, 11) is 0. The summed E-state index contributed by atoms with van der Waals surface area (Å²) in [6, 6.07) is 9.25. The van der Waals surface area contributed by atoms with Crippen LogP contribution in [-0.4, -0.2) is 9.97 Å². The van der Waals surface area contributed by atoms with Gasteiger partial charge in [-0.3, -0.25) is 0 Å². The standard InChI is InChI=1S/C12H10Cl2N2/c1-2-12-15-10(7-11(14)16-12)8-3-5-9(13)6-4-8/h3-7H,2H2,1H3. The summed E-state index contributed by atoms with van der Waals surface area (Å²) in [6.45, 7) is 2.00. The molecule has 0 fully saturated rings. The molecule has 0 aliphatic heterocycles. The number of nitrogens with zero attached hydrogens (tertiary/aromatic N) is 2. The van der Waals surface area contributed by atoms with Crippen LogP contribution in [0.4, 0.5) is 0 Å². The first-order valence-electron chi connectivity index (χ1n) is 4.98. The Hall–Kier alpha value is -1.12. The molecule has 1 aromatic carbocycles. The zero-order valence-corrected chi connectivity index (χ0v) is 10.3. The molecule has 0 bridgehead atoms. The number of benzene rings is 1. The molecule has 1 aromatic heterocycles. The van der Waals surface area contributed by atoms with Gasteiger partial charge in [0.05, 0.1) is 5.69 Å². The van der Waals surface area contributed by atoms with Crippen molar-refractivity contribution < 1.29 is 0 Å². The topological polar surface area (TPSA) is 25.8 Å². The highest BCUT2D eigenvalue weighted by Crippen LogP contribution is 2.21. The van der Waals surface area contributed by atoms with Crippen LogP contribution in [0, 0.1) is 0 Å². The summed E-state index contributed by atoms with van der Waals surface area (Å²) in [4.78, 5) is 8.54. The fourth-order valence-corrected chi connectivity index (χ4v) is 1.72. The van der Waals surface area contributed by atoms with Gasteiger partial charge >= 0.3 is 0 Å². The molecule has 1 heterocycles. The molecule has 4 heteroatoms. The number of hydrogen-bond acceptors (Lipinski definition) is 2. The second-order valence-electron chi connectivity index (χ2n) is 3.35. The van der Waals surface area contributed by atoms with Crippen molar-refractivity contribution in [3.8, 4) is 11.3 Å². The van der Waals surface area contributed by atoms with E-state index in [0.29, 0.717) is 10.2 Å². The van der Waals surface area contributed by atoms with Crippen LogP contribution in [0.15, 0.2) is 30.3 Å². The lowest BCUT2D eigenvalue weighted by Gasteiger charge is -2.03. The van der Waals surface area contributed by atoms with Crippen LogP contribution in [0.1, 0.15) is 12.7 Å². The molecule has 2 rings (SSSR count). The Morgan fingerprint density at radius 3 is 2.38 bits per heavy atom. The molecule has 0 N–H and O–H groups in total. The average Bonchev–Trinajstić information content (AvgIpc) is 2.29. The highest BCUT2D eigenvalue weighted by molar-refractivity contribution is 6.30. The normalized spacial score (nSPS) is 10.4. The first kappa shape index (κ1) is 11.4. The van der Waals surface area contributed by atoms with Crippen LogP contribution in [0.25, 0.3) is 11.3 Å². The molecular weight excluding hydrogens is 243 g/mol. The van der Waals surface area contributed by atoms with E-state index in [1.54, 1.807) is 6.07 Å². The predicted octanol–water partition coefficient (Wildman–Crippen LogP) is 4.01. The summed E-state index contributed by atoms with van der Waals surface area (Å²) in [5.41, 5.74) is 1.82. The maximum absolute atomic E-state index is 5.93. The Bertz CT molecular complexity index is 495. The van der Waals surface area contributed by atoms with Gasteiger partial charge in [-0.05, 0) is 12.1 Å². The number of halogens is 2. The molecule has 0 amide bonds. The molecule has 82 valence electrons. The third kappa shape index (κ3) is 2.52. The molecule has 2 nitrogen and oxygen atoms in total. The van der Waals surface area contributed by atoms with Gasteiger partial charge in [0.1, 0.15) is 11.0 Å². The van der Waals surface area contributed by atoms with Gasteiger partial charge < -0.3 is 0 Å². The lowest BCUT2D eigenvalue weighted by Crippen LogP contribution is -1.95. The predicted molar refractivity (Wildman–Crippen MR) is 66.9 cm³/mol. The van der Waals surface area contributed by atoms with E-state index in [9.17, 15) is 0 Å². The minimum absolute atomic E-state index is 0.469. The van der Waals surface area contributed by atoms with Gasteiger partial charge in [-0.2, -0.15) is 0 Å². The summed E-state index contributed by atoms with van der Waals surface area (Å²) < 4.78 is 0. The molecule has 0 saturated heterocycles. The Labute approximate surface area is 104 Å². The minimum atomic E-state index is 0.469. The second kappa shape index (κ2) is 4.81. The van der Waals surface area contributed by atoms with Gasteiger partial charge in [0.25, 0.3) is 0 Å². The van der Waals surface area contributed by atoms with Crippen LogP contribution < -0.4 is 0 Å². The zero-order chi connectivity index (χ0) is 11.5. The summed E-state index contributed by atoms with van der Waals surface area (Å²) in [5.74, 6) is 0.748. The monoisotopic (exact) mass is 252 g/mol. The Morgan fingerprint density at radius 2 is 1.75 bits per heavy atom. The Balaban J connectivity index is 2.47. The Morgan fingerprint density at radius 1 is 1.06 bits per heavy atom. The van der Waals surface area contributed by atoms with Gasteiger partial charge in [0.15, 0.2) is 0 Å². The van der Waals surface area contributed by atoms with Crippen molar-refractivity contribution in [2.45, 2.75) is 13.3 Å². The summed E-state index contributed by atoms with van der Waals surface area (Å²) in [6.07, 6.45) is 0.765. The number of aryl methyl sites for hydroxylation is 1. The number of aromatic nitrogens is 2. The van der Waals surface area contributed by atoms with E-state index in [2.05, 4.69) is 9.97 Å². The lowest BCUT2D eigenvalue weighted by molar-refractivity contribution is 0.943. The molecule has 0 aliphatic carbocycles. The molecule has 0 aliphatic rings. The van der Waals surface area contributed by atoms with Gasteiger partial charge in [-0.1, -0.05) is 42.3 Å². The zero-order valence-electron chi connectivity index (χ0n) is 8.74. The Kier molecular flexibility index (Phi) is 3.42. The fraction of sp³-hybridized carbons (Fsp3) is 0.167. The highest BCUT2D eigenvalue weighted by atomic mass is 35.5. The molecule has 0 unspecified atom stereocenters. The molecule has 0 saturated carbocycles. The quantitative estimate of drug-likeness (QED) is 0.755. The van der Waals surface area contributed by atoms with Gasteiger partial charge in [-0.25, -0.2) is 9.97 Å². The van der Waals surface area contributed by atoms with Crippen molar-refractivity contribution in [1.82, 2.24) is 9.97 Å². The van der Waals surface area contributed by atoms with Gasteiger partial charge in [-0.15, -0.1) is 0 Å². The first-order chi connectivity index (χ1) is 7.69.